The highest BCUT2D eigenvalue weighted by Crippen LogP contribution is 2.32. The maximum atomic E-state index is 12.8. The molecule has 86 heavy (non-hydrogen) atoms. The first-order valence-corrected chi connectivity index (χ1v) is 29.2. The topological polar surface area (TPSA) is 329 Å². The van der Waals surface area contributed by atoms with Gasteiger partial charge in [-0.15, -0.1) is 0 Å². The lowest BCUT2D eigenvalue weighted by Gasteiger charge is -2.26. The number of hydrogen-bond donors (Lipinski definition) is 8. The number of anilines is 1. The molecule has 6 aromatic rings. The predicted octanol–water partition coefficient (Wildman–Crippen LogP) is 14.2. The molecule has 1 unspecified atom stereocenters. The highest BCUT2D eigenvalue weighted by Gasteiger charge is 2.33. The van der Waals surface area contributed by atoms with Crippen LogP contribution >= 0.6 is 15.9 Å². The van der Waals surface area contributed by atoms with E-state index in [1.54, 1.807) is 30.3 Å². The monoisotopic (exact) mass is 1250 g/mol. The summed E-state index contributed by atoms with van der Waals surface area (Å²) in [5.74, 6) is -7.56. The van der Waals surface area contributed by atoms with Crippen molar-refractivity contribution >= 4 is 74.9 Å². The number of aliphatic carboxylic acids is 2. The fourth-order valence-corrected chi connectivity index (χ4v) is 8.86. The van der Waals surface area contributed by atoms with Crippen LogP contribution in [0.5, 0.6) is 0 Å². The molecule has 1 aliphatic carbocycles. The molecule has 1 atom stereocenters. The molecule has 0 bridgehead atoms. The number of nitrogens with one attached hydrogen (secondary N) is 2. The van der Waals surface area contributed by atoms with Gasteiger partial charge >= 0.3 is 35.8 Å². The van der Waals surface area contributed by atoms with E-state index in [1.807, 2.05) is 36.4 Å². The zero-order valence-electron chi connectivity index (χ0n) is 50.2. The van der Waals surface area contributed by atoms with Crippen molar-refractivity contribution in [2.45, 2.75) is 161 Å². The number of halogens is 1. The number of fused-ring (bicyclic) bond motifs is 2. The highest BCUT2D eigenvalue weighted by molar-refractivity contribution is 9.10. The number of carboxylic acid groups (broad SMARTS) is 6. The molecule has 5 aromatic carbocycles. The van der Waals surface area contributed by atoms with Crippen LogP contribution in [0.1, 0.15) is 245 Å². The number of nitrogens with zero attached hydrogens (tertiary/aromatic N) is 2. The Balaban J connectivity index is 0.000000294. The van der Waals surface area contributed by atoms with Gasteiger partial charge in [-0.3, -0.25) is 29.1 Å². The Morgan fingerprint density at radius 2 is 1.01 bits per heavy atom. The van der Waals surface area contributed by atoms with E-state index in [9.17, 15) is 48.3 Å². The normalized spacial score (nSPS) is 11.7. The van der Waals surface area contributed by atoms with E-state index in [0.717, 1.165) is 48.0 Å². The van der Waals surface area contributed by atoms with Gasteiger partial charge in [0.2, 0.25) is 5.82 Å². The van der Waals surface area contributed by atoms with Gasteiger partial charge in [0.05, 0.1) is 28.8 Å². The average molecular weight is 1250 g/mol. The van der Waals surface area contributed by atoms with E-state index >= 15 is 0 Å². The third kappa shape index (κ3) is 23.1. The van der Waals surface area contributed by atoms with E-state index in [2.05, 4.69) is 105 Å². The fraction of sp³-hybridized carbons (Fsp3) is 0.379. The highest BCUT2D eigenvalue weighted by atomic mass is 79.9. The largest absolute Gasteiger partial charge is 0.481 e. The summed E-state index contributed by atoms with van der Waals surface area (Å²) in [6, 6.07) is 28.1. The number of aromatic nitrogens is 3. The van der Waals surface area contributed by atoms with Crippen molar-refractivity contribution in [2.24, 2.45) is 0 Å². The van der Waals surface area contributed by atoms with Crippen molar-refractivity contribution < 1.29 is 73.8 Å². The lowest BCUT2D eigenvalue weighted by Crippen LogP contribution is -2.23. The van der Waals surface area contributed by atoms with E-state index in [1.165, 1.54) is 81.5 Å². The number of aromatic amines is 1. The molecule has 1 aromatic heterocycles. The molecule has 0 aliphatic heterocycles. The number of unbranched alkanes of at least 4 members (excludes halogenated alkanes) is 9. The van der Waals surface area contributed by atoms with Gasteiger partial charge in [-0.05, 0) is 81.8 Å². The summed E-state index contributed by atoms with van der Waals surface area (Å²) in [4.78, 5) is 105. The van der Waals surface area contributed by atoms with Crippen LogP contribution in [0.3, 0.4) is 0 Å². The molecule has 0 fully saturated rings. The number of ketones is 2. The molecule has 1 amide bonds. The summed E-state index contributed by atoms with van der Waals surface area (Å²) < 4.78 is 0. The molecule has 0 spiro atoms. The van der Waals surface area contributed by atoms with Crippen molar-refractivity contribution in [1.82, 2.24) is 15.2 Å². The number of hydrogen-bond acceptors (Lipinski definition) is 11. The molecule has 19 nitrogen and oxygen atoms in total. The first kappa shape index (κ1) is 71.6. The number of para-hydroxylation sites is 1. The van der Waals surface area contributed by atoms with Crippen LogP contribution in [-0.2, 0) is 26.8 Å². The van der Waals surface area contributed by atoms with E-state index in [4.69, 9.17) is 25.5 Å². The van der Waals surface area contributed by atoms with Gasteiger partial charge in [0.1, 0.15) is 11.2 Å². The minimum atomic E-state index is -1.47. The quantitative estimate of drug-likeness (QED) is 0.0245. The summed E-state index contributed by atoms with van der Waals surface area (Å²) in [6.45, 7) is 19.1. The molecule has 460 valence electrons. The lowest BCUT2D eigenvalue weighted by molar-refractivity contribution is -0.137. The third-order valence-corrected chi connectivity index (χ3v) is 14.4. The van der Waals surface area contributed by atoms with Crippen LogP contribution in [0.4, 0.5) is 5.69 Å². The SMILES string of the molecule is CC(C)(C)c1cc(C(=O)Nc2ccccc2C(=O)O)cc(C(C)(C)C)c1.CC(C)c1ccc(CC(=O)O)cc1.CCCCCCCCCCCCC(Br)C(=O)O.O=C(O)c1cc2c(cc1C(=O)O)C(=O)c1ccccc1C2=O.O=C(O)c1ncn[nH]1. The van der Waals surface area contributed by atoms with E-state index < -0.39 is 58.5 Å². The van der Waals surface area contributed by atoms with Crippen molar-refractivity contribution in [2.75, 3.05) is 5.32 Å². The summed E-state index contributed by atoms with van der Waals surface area (Å²) in [5, 5.41) is 61.1. The van der Waals surface area contributed by atoms with Crippen LogP contribution in [0.2, 0.25) is 0 Å². The van der Waals surface area contributed by atoms with Gasteiger partial charge in [-0.2, -0.15) is 5.10 Å². The Morgan fingerprint density at radius 3 is 1.40 bits per heavy atom. The minimum absolute atomic E-state index is 0.0730. The summed E-state index contributed by atoms with van der Waals surface area (Å²) in [5.41, 5.74) is 4.07. The van der Waals surface area contributed by atoms with Gasteiger partial charge in [0, 0.05) is 27.8 Å². The summed E-state index contributed by atoms with van der Waals surface area (Å²) in [7, 11) is 0. The Morgan fingerprint density at radius 1 is 0.558 bits per heavy atom. The Labute approximate surface area is 509 Å². The minimum Gasteiger partial charge on any atom is -0.481 e. The lowest BCUT2D eigenvalue weighted by atomic mass is 9.79. The number of alkyl halides is 1. The number of amides is 1. The Kier molecular flexibility index (Phi) is 28.6. The summed E-state index contributed by atoms with van der Waals surface area (Å²) in [6.07, 6.45) is 15.0. The van der Waals surface area contributed by atoms with Crippen LogP contribution in [0.25, 0.3) is 0 Å². The molecule has 0 saturated heterocycles. The first-order chi connectivity index (χ1) is 40.4. The van der Waals surface area contributed by atoms with E-state index in [0.29, 0.717) is 17.2 Å². The number of rotatable bonds is 21. The van der Waals surface area contributed by atoms with Gasteiger partial charge < -0.3 is 36.0 Å². The van der Waals surface area contributed by atoms with E-state index in [-0.39, 0.29) is 61.6 Å². The predicted molar refractivity (Wildman–Crippen MR) is 331 cm³/mol. The van der Waals surface area contributed by atoms with Crippen molar-refractivity contribution in [1.29, 1.82) is 0 Å². The molecule has 20 heteroatoms. The van der Waals surface area contributed by atoms with Gasteiger partial charge in [-0.1, -0.05) is 209 Å². The number of carboxylic acids is 6. The zero-order valence-corrected chi connectivity index (χ0v) is 51.7. The molecule has 8 N–H and O–H groups in total. The zero-order chi connectivity index (χ0) is 64.5. The fourth-order valence-electron chi connectivity index (χ4n) is 8.53. The second-order valence-corrected chi connectivity index (χ2v) is 23.8. The molecule has 1 heterocycles. The Hall–Kier alpha value is -8.65. The van der Waals surface area contributed by atoms with Crippen LogP contribution in [0, 0.1) is 0 Å². The molecular formula is C66H79BrN4O15. The van der Waals surface area contributed by atoms with Crippen molar-refractivity contribution in [3.63, 3.8) is 0 Å². The molecular weight excluding hydrogens is 1170 g/mol. The summed E-state index contributed by atoms with van der Waals surface area (Å²) >= 11 is 3.16. The number of carbonyl (C=O) groups excluding carboxylic acids is 3. The third-order valence-electron chi connectivity index (χ3n) is 13.6. The Bertz CT molecular complexity index is 3200. The average Bonchev–Trinajstić information content (AvgIpc) is 0.897. The number of carbonyl (C=O) groups is 9. The number of aromatic carboxylic acids is 4. The maximum Gasteiger partial charge on any atom is 0.373 e. The van der Waals surface area contributed by atoms with Crippen molar-refractivity contribution in [3.05, 3.63) is 182 Å². The molecule has 0 radical (unpaired) electrons. The smallest absolute Gasteiger partial charge is 0.373 e. The molecule has 7 rings (SSSR count). The van der Waals surface area contributed by atoms with Gasteiger partial charge in [0.15, 0.2) is 11.6 Å². The van der Waals surface area contributed by atoms with Crippen LogP contribution in [-0.4, -0.2) is 104 Å². The number of H-pyrrole nitrogens is 1. The second kappa shape index (κ2) is 34.3. The van der Waals surface area contributed by atoms with Crippen molar-refractivity contribution in [3.8, 4) is 0 Å². The molecule has 1 aliphatic rings. The second-order valence-electron chi connectivity index (χ2n) is 22.7. The standard InChI is InChI=1S/C22H27NO3.C16H8O6.C14H27BrO2.C11H14O2.C3H3N3O2/c1-21(2,3)15-11-14(12-16(13-15)22(4,5)6)19(24)23-18-10-8-7-9-17(18)20(25)26;17-13-7-3-1-2-4-8(7)14(18)10-6-12(16(21)22)11(15(19)20)5-9(10)13;1-2-3-4-5-6-7-8-9-10-11-12-13(15)14(16)17;1-8(2)10-5-3-9(4-6-10)7-11(12)13;7-3(8)2-4-1-5-6-2/h7-13H,1-6H3,(H,23,24)(H,25,26);1-6H,(H,19,20)(H,21,22);13H,2-12H2,1H3,(H,16,17);3-6,8H,7H2,1-2H3,(H,12,13);1H,(H,7,8)(H,4,5,6). The first-order valence-electron chi connectivity index (χ1n) is 28.3. The van der Waals surface area contributed by atoms with Crippen LogP contribution < -0.4 is 5.32 Å². The number of benzene rings is 5. The van der Waals surface area contributed by atoms with Crippen LogP contribution in [0.15, 0.2) is 109 Å². The van der Waals surface area contributed by atoms with Gasteiger partial charge in [0.25, 0.3) is 5.91 Å². The van der Waals surface area contributed by atoms with Gasteiger partial charge in [-0.25, -0.2) is 24.2 Å². The maximum absolute atomic E-state index is 12.8. The molecule has 0 saturated carbocycles.